The van der Waals surface area contributed by atoms with Crippen LogP contribution in [-0.4, -0.2) is 44.8 Å². The second-order valence-electron chi connectivity index (χ2n) is 9.68. The highest BCUT2D eigenvalue weighted by Gasteiger charge is 2.25. The summed E-state index contributed by atoms with van der Waals surface area (Å²) in [4.78, 5) is 0. The molecule has 0 spiro atoms. The van der Waals surface area contributed by atoms with Gasteiger partial charge < -0.3 is 18.0 Å². The Morgan fingerprint density at radius 3 is 1.88 bits per heavy atom. The van der Waals surface area contributed by atoms with Crippen molar-refractivity contribution in [2.24, 2.45) is 0 Å². The van der Waals surface area contributed by atoms with Crippen molar-refractivity contribution in [1.82, 2.24) is 0 Å². The van der Waals surface area contributed by atoms with E-state index in [1.807, 2.05) is 6.07 Å². The molecule has 1 atom stereocenters. The Morgan fingerprint density at radius 2 is 1.42 bits per heavy atom. The van der Waals surface area contributed by atoms with Gasteiger partial charge in [-0.25, -0.2) is 0 Å². The van der Waals surface area contributed by atoms with E-state index >= 15 is 0 Å². The summed E-state index contributed by atoms with van der Waals surface area (Å²) < 4.78 is 24.2. The quantitative estimate of drug-likeness (QED) is 0.472. The molecule has 1 aromatic carbocycles. The van der Waals surface area contributed by atoms with E-state index in [9.17, 15) is 0 Å². The van der Waals surface area contributed by atoms with E-state index in [0.29, 0.717) is 6.61 Å². The van der Waals surface area contributed by atoms with E-state index in [1.165, 1.54) is 5.56 Å². The number of hydrogen-bond acceptors (Lipinski definition) is 4. The minimum absolute atomic E-state index is 0.0712. The number of rotatable bonds is 10. The third kappa shape index (κ3) is 9.92. The van der Waals surface area contributed by atoms with Gasteiger partial charge in [0.15, 0.2) is 22.4 Å². The predicted octanol–water partition coefficient (Wildman–Crippen LogP) is 5.52. The summed E-state index contributed by atoms with van der Waals surface area (Å²) in [5.41, 5.74) is 1.19. The molecule has 0 fully saturated rings. The third-order valence-electron chi connectivity index (χ3n) is 3.33. The molecule has 4 nitrogen and oxygen atoms in total. The number of hydrogen-bond donors (Lipinski definition) is 0. The summed E-state index contributed by atoms with van der Waals surface area (Å²) in [5.74, 6) is 1.62. The molecule has 0 aliphatic heterocycles. The Hall–Kier alpha value is -0.609. The minimum Gasteiger partial charge on any atom is -0.542 e. The van der Waals surface area contributed by atoms with Crippen molar-refractivity contribution in [3.63, 3.8) is 0 Å². The Bertz CT molecular complexity index is 572. The molecule has 0 aliphatic carbocycles. The molecular formula is C19H38O4Si3. The van der Waals surface area contributed by atoms with E-state index in [1.54, 1.807) is 7.11 Å². The first-order chi connectivity index (χ1) is 11.7. The van der Waals surface area contributed by atoms with Gasteiger partial charge in [-0.05, 0) is 83.0 Å². The first kappa shape index (κ1) is 23.4. The van der Waals surface area contributed by atoms with E-state index in [2.05, 4.69) is 71.1 Å². The molecule has 1 unspecified atom stereocenters. The maximum Gasteiger partial charge on any atom is 0.242 e. The van der Waals surface area contributed by atoms with E-state index in [0.717, 1.165) is 17.9 Å². The van der Waals surface area contributed by atoms with Crippen LogP contribution in [0.5, 0.6) is 11.5 Å². The average molecular weight is 415 g/mol. The molecule has 1 aromatic rings. The molecule has 0 amide bonds. The predicted molar refractivity (Wildman–Crippen MR) is 118 cm³/mol. The molecule has 0 saturated carbocycles. The monoisotopic (exact) mass is 414 g/mol. The SMILES string of the molecule is COc1cc(CC(CO[Si](C)(C)C)O[Si](C)(C)C)ccc1O[Si](C)(C)C. The standard InChI is InChI=1S/C19H38O4Si3/c1-20-19-14-16(11-12-18(19)23-26(8,9)10)13-17(22-25(5,6)7)15-21-24(2,3)4/h11-12,14,17H,13,15H2,1-10H3. The van der Waals surface area contributed by atoms with Crippen LogP contribution in [0.25, 0.3) is 0 Å². The topological polar surface area (TPSA) is 36.9 Å². The number of methoxy groups -OCH3 is 1. The molecule has 1 rings (SSSR count). The minimum atomic E-state index is -1.68. The van der Waals surface area contributed by atoms with Crippen molar-refractivity contribution in [3.8, 4) is 11.5 Å². The lowest BCUT2D eigenvalue weighted by Crippen LogP contribution is -2.39. The van der Waals surface area contributed by atoms with Crippen molar-refractivity contribution in [3.05, 3.63) is 23.8 Å². The molecule has 0 heterocycles. The normalized spacial score (nSPS) is 14.2. The largest absolute Gasteiger partial charge is 0.542 e. The number of ether oxygens (including phenoxy) is 1. The summed E-state index contributed by atoms with van der Waals surface area (Å²) >= 11 is 0. The molecule has 0 saturated heterocycles. The van der Waals surface area contributed by atoms with E-state index in [-0.39, 0.29) is 6.10 Å². The first-order valence-electron chi connectivity index (χ1n) is 9.36. The van der Waals surface area contributed by atoms with Crippen LogP contribution < -0.4 is 9.16 Å². The molecule has 0 bridgehead atoms. The van der Waals surface area contributed by atoms with Gasteiger partial charge in [0.1, 0.15) is 5.75 Å². The highest BCUT2D eigenvalue weighted by molar-refractivity contribution is 6.70. The van der Waals surface area contributed by atoms with Crippen LogP contribution in [0.1, 0.15) is 5.56 Å². The molecule has 0 N–H and O–H groups in total. The van der Waals surface area contributed by atoms with E-state index < -0.39 is 25.0 Å². The van der Waals surface area contributed by atoms with Crippen molar-refractivity contribution < 1.29 is 18.0 Å². The van der Waals surface area contributed by atoms with Crippen LogP contribution in [0.3, 0.4) is 0 Å². The smallest absolute Gasteiger partial charge is 0.242 e. The maximum atomic E-state index is 6.39. The van der Waals surface area contributed by atoms with Crippen LogP contribution in [0.15, 0.2) is 18.2 Å². The van der Waals surface area contributed by atoms with Crippen LogP contribution in [0.2, 0.25) is 58.9 Å². The zero-order valence-electron chi connectivity index (χ0n) is 18.4. The summed E-state index contributed by atoms with van der Waals surface area (Å²) in [6.07, 6.45) is 0.889. The molecule has 0 aliphatic rings. The van der Waals surface area contributed by atoms with Gasteiger partial charge in [0.25, 0.3) is 0 Å². The van der Waals surface area contributed by atoms with E-state index in [4.69, 9.17) is 18.0 Å². The van der Waals surface area contributed by atoms with Gasteiger partial charge in [-0.3, -0.25) is 0 Å². The fraction of sp³-hybridized carbons (Fsp3) is 0.684. The summed E-state index contributed by atoms with van der Waals surface area (Å²) in [7, 11) is -3.20. The van der Waals surface area contributed by atoms with Gasteiger partial charge in [0.2, 0.25) is 8.32 Å². The highest BCUT2D eigenvalue weighted by Crippen LogP contribution is 2.31. The van der Waals surface area contributed by atoms with Crippen LogP contribution in [0, 0.1) is 0 Å². The Morgan fingerprint density at radius 1 is 0.808 bits per heavy atom. The number of benzene rings is 1. The molecule has 26 heavy (non-hydrogen) atoms. The molecule has 7 heteroatoms. The molecule has 0 aromatic heterocycles. The van der Waals surface area contributed by atoms with Gasteiger partial charge in [0.05, 0.1) is 19.8 Å². The summed E-state index contributed by atoms with van der Waals surface area (Å²) in [6.45, 7) is 20.5. The summed E-state index contributed by atoms with van der Waals surface area (Å²) in [6, 6.07) is 6.22. The van der Waals surface area contributed by atoms with Gasteiger partial charge in [-0.15, -0.1) is 0 Å². The second kappa shape index (κ2) is 9.05. The van der Waals surface area contributed by atoms with Crippen molar-refractivity contribution in [2.75, 3.05) is 13.7 Å². The molecule has 150 valence electrons. The second-order valence-corrected chi connectivity index (χ2v) is 23.1. The lowest BCUT2D eigenvalue weighted by atomic mass is 10.1. The van der Waals surface area contributed by atoms with Crippen molar-refractivity contribution >= 4 is 25.0 Å². The molecule has 0 radical (unpaired) electrons. The van der Waals surface area contributed by atoms with Gasteiger partial charge in [-0.2, -0.15) is 0 Å². The Kier molecular flexibility index (Phi) is 8.16. The van der Waals surface area contributed by atoms with Crippen LogP contribution in [-0.2, 0) is 15.3 Å². The average Bonchev–Trinajstić information content (AvgIpc) is 2.42. The first-order valence-corrected chi connectivity index (χ1v) is 19.6. The van der Waals surface area contributed by atoms with Crippen molar-refractivity contribution in [1.29, 1.82) is 0 Å². The fourth-order valence-electron chi connectivity index (χ4n) is 2.49. The lowest BCUT2D eigenvalue weighted by Gasteiger charge is -2.29. The zero-order valence-corrected chi connectivity index (χ0v) is 21.4. The third-order valence-corrected chi connectivity index (χ3v) is 6.24. The van der Waals surface area contributed by atoms with Gasteiger partial charge in [-0.1, -0.05) is 6.07 Å². The van der Waals surface area contributed by atoms with Crippen LogP contribution >= 0.6 is 0 Å². The lowest BCUT2D eigenvalue weighted by molar-refractivity contribution is 0.119. The van der Waals surface area contributed by atoms with Gasteiger partial charge in [0, 0.05) is 0 Å². The summed E-state index contributed by atoms with van der Waals surface area (Å²) in [5, 5.41) is 0. The Labute approximate surface area is 163 Å². The molecular weight excluding hydrogens is 376 g/mol. The fourth-order valence-corrected chi connectivity index (χ4v) is 5.16. The Balaban J connectivity index is 2.95. The van der Waals surface area contributed by atoms with Crippen LogP contribution in [0.4, 0.5) is 0 Å². The zero-order chi connectivity index (χ0) is 20.2. The van der Waals surface area contributed by atoms with Gasteiger partial charge >= 0.3 is 0 Å². The maximum absolute atomic E-state index is 6.39. The van der Waals surface area contributed by atoms with Crippen molar-refractivity contribution in [2.45, 2.75) is 71.4 Å². The highest BCUT2D eigenvalue weighted by atomic mass is 28.4.